The van der Waals surface area contributed by atoms with Gasteiger partial charge < -0.3 is 4.42 Å². The molecule has 3 aromatic heterocycles. The second kappa shape index (κ2) is 13.3. The molecule has 3 heterocycles. The smallest absolute Gasteiger partial charge is 0.164 e. The molecule has 0 fully saturated rings. The summed E-state index contributed by atoms with van der Waals surface area (Å²) in [7, 11) is 0. The topological polar surface area (TPSA) is 51.8 Å². The van der Waals surface area contributed by atoms with E-state index in [1.165, 1.54) is 37.0 Å². The van der Waals surface area contributed by atoms with Crippen LogP contribution in [0.3, 0.4) is 0 Å². The number of aromatic nitrogens is 3. The minimum atomic E-state index is 0.620. The van der Waals surface area contributed by atoms with E-state index in [4.69, 9.17) is 19.4 Å². The average molecular weight is 734 g/mol. The lowest BCUT2D eigenvalue weighted by Crippen LogP contribution is -2.00. The second-order valence-electron chi connectivity index (χ2n) is 14.0. The number of hydrogen-bond acceptors (Lipinski definition) is 5. The van der Waals surface area contributed by atoms with Crippen molar-refractivity contribution in [3.8, 4) is 67.5 Å². The molecule has 0 atom stereocenters. The first-order valence-corrected chi connectivity index (χ1v) is 19.5. The summed E-state index contributed by atoms with van der Waals surface area (Å²) in [6, 6.07) is 65.7. The van der Waals surface area contributed by atoms with Crippen LogP contribution >= 0.6 is 11.3 Å². The van der Waals surface area contributed by atoms with Crippen molar-refractivity contribution in [2.45, 2.75) is 0 Å². The molecule has 262 valence electrons. The zero-order valence-electron chi connectivity index (χ0n) is 30.1. The normalized spacial score (nSPS) is 11.6. The Labute approximate surface area is 327 Å². The minimum Gasteiger partial charge on any atom is -0.456 e. The Hall–Kier alpha value is -7.21. The summed E-state index contributed by atoms with van der Waals surface area (Å²) in [4.78, 5) is 15.6. The van der Waals surface area contributed by atoms with Crippen molar-refractivity contribution >= 4 is 53.4 Å². The highest BCUT2D eigenvalue weighted by atomic mass is 32.1. The number of hydrogen-bond donors (Lipinski definition) is 0. The predicted molar refractivity (Wildman–Crippen MR) is 233 cm³/mol. The zero-order valence-corrected chi connectivity index (χ0v) is 30.9. The van der Waals surface area contributed by atoms with Crippen LogP contribution in [0.1, 0.15) is 0 Å². The van der Waals surface area contributed by atoms with Gasteiger partial charge in [0.25, 0.3) is 0 Å². The van der Waals surface area contributed by atoms with E-state index >= 15 is 0 Å². The number of fused-ring (bicyclic) bond motifs is 6. The number of para-hydroxylation sites is 1. The van der Waals surface area contributed by atoms with Gasteiger partial charge in [0.1, 0.15) is 11.2 Å². The Bertz CT molecular complexity index is 3260. The molecule has 8 aromatic carbocycles. The lowest BCUT2D eigenvalue weighted by atomic mass is 9.97. The maximum absolute atomic E-state index is 6.24. The third-order valence-electron chi connectivity index (χ3n) is 10.5. The lowest BCUT2D eigenvalue weighted by molar-refractivity contribution is 0.669. The Morgan fingerprint density at radius 1 is 0.321 bits per heavy atom. The molecule has 0 N–H and O–H groups in total. The van der Waals surface area contributed by atoms with Gasteiger partial charge in [0.2, 0.25) is 0 Å². The van der Waals surface area contributed by atoms with Crippen LogP contribution in [0, 0.1) is 0 Å². The highest BCUT2D eigenvalue weighted by molar-refractivity contribution is 7.26. The van der Waals surface area contributed by atoms with Crippen LogP contribution in [-0.2, 0) is 0 Å². The van der Waals surface area contributed by atoms with E-state index in [2.05, 4.69) is 152 Å². The highest BCUT2D eigenvalue weighted by Crippen LogP contribution is 2.42. The number of rotatable bonds is 6. The number of thiophene rings is 1. The maximum Gasteiger partial charge on any atom is 0.164 e. The van der Waals surface area contributed by atoms with Gasteiger partial charge in [0.05, 0.1) is 0 Å². The van der Waals surface area contributed by atoms with Crippen molar-refractivity contribution in [2.75, 3.05) is 0 Å². The van der Waals surface area contributed by atoms with Crippen LogP contribution in [0.4, 0.5) is 0 Å². The van der Waals surface area contributed by atoms with Crippen LogP contribution in [0.15, 0.2) is 192 Å². The molecular weight excluding hydrogens is 703 g/mol. The van der Waals surface area contributed by atoms with Gasteiger partial charge in [0, 0.05) is 47.6 Å². The molecule has 0 amide bonds. The fourth-order valence-corrected chi connectivity index (χ4v) is 9.00. The highest BCUT2D eigenvalue weighted by Gasteiger charge is 2.19. The zero-order chi connectivity index (χ0) is 37.0. The van der Waals surface area contributed by atoms with Crippen molar-refractivity contribution in [1.82, 2.24) is 15.0 Å². The van der Waals surface area contributed by atoms with Crippen molar-refractivity contribution in [3.63, 3.8) is 0 Å². The Morgan fingerprint density at radius 3 is 1.73 bits per heavy atom. The van der Waals surface area contributed by atoms with E-state index in [-0.39, 0.29) is 0 Å². The summed E-state index contributed by atoms with van der Waals surface area (Å²) in [5.41, 5.74) is 11.5. The molecular formula is C51H31N3OS. The first kappa shape index (κ1) is 32.2. The van der Waals surface area contributed by atoms with Gasteiger partial charge in [-0.1, -0.05) is 146 Å². The molecule has 0 aliphatic heterocycles. The van der Waals surface area contributed by atoms with Crippen LogP contribution in [-0.4, -0.2) is 15.0 Å². The first-order chi connectivity index (χ1) is 27.7. The molecule has 0 aliphatic carbocycles. The largest absolute Gasteiger partial charge is 0.456 e. The third-order valence-corrected chi connectivity index (χ3v) is 11.7. The molecule has 0 bridgehead atoms. The molecule has 0 radical (unpaired) electrons. The minimum absolute atomic E-state index is 0.620. The van der Waals surface area contributed by atoms with Gasteiger partial charge in [-0.05, 0) is 75.8 Å². The second-order valence-corrected chi connectivity index (χ2v) is 15.1. The number of furan rings is 1. The summed E-state index contributed by atoms with van der Waals surface area (Å²) >= 11 is 1.80. The van der Waals surface area contributed by atoms with Gasteiger partial charge in [-0.2, -0.15) is 0 Å². The van der Waals surface area contributed by atoms with E-state index in [9.17, 15) is 0 Å². The van der Waals surface area contributed by atoms with Crippen molar-refractivity contribution in [1.29, 1.82) is 0 Å². The molecule has 0 aliphatic rings. The molecule has 0 spiro atoms. The van der Waals surface area contributed by atoms with E-state index in [1.54, 1.807) is 11.3 Å². The molecule has 5 heteroatoms. The van der Waals surface area contributed by atoms with Gasteiger partial charge in [-0.25, -0.2) is 15.0 Å². The van der Waals surface area contributed by atoms with Crippen LogP contribution < -0.4 is 0 Å². The van der Waals surface area contributed by atoms with Crippen LogP contribution in [0.2, 0.25) is 0 Å². The summed E-state index contributed by atoms with van der Waals surface area (Å²) in [6.45, 7) is 0. The number of benzene rings is 8. The van der Waals surface area contributed by atoms with Gasteiger partial charge in [-0.3, -0.25) is 0 Å². The Morgan fingerprint density at radius 2 is 0.893 bits per heavy atom. The SMILES string of the molecule is c1ccc(-c2cccc(-c3ccc4sc5cccc(-c6nc(-c7ccccc7)nc(-c7cccc(-c8cccc9oc%10ccccc%10c89)c7)n6)c5c4c3)c2)cc1. The van der Waals surface area contributed by atoms with Crippen LogP contribution in [0.25, 0.3) is 110 Å². The number of nitrogens with zero attached hydrogens (tertiary/aromatic N) is 3. The first-order valence-electron chi connectivity index (χ1n) is 18.7. The predicted octanol–water partition coefficient (Wildman–Crippen LogP) is 14.1. The van der Waals surface area contributed by atoms with Crippen molar-refractivity contribution < 1.29 is 4.42 Å². The quantitative estimate of drug-likeness (QED) is 0.171. The third kappa shape index (κ3) is 5.56. The molecule has 56 heavy (non-hydrogen) atoms. The average Bonchev–Trinajstić information content (AvgIpc) is 3.85. The molecule has 11 aromatic rings. The fourth-order valence-electron chi connectivity index (χ4n) is 7.88. The molecule has 11 rings (SSSR count). The molecule has 0 unspecified atom stereocenters. The van der Waals surface area contributed by atoms with Gasteiger partial charge in [0.15, 0.2) is 17.5 Å². The standard InChI is InChI=1S/C51H31N3OS/c1-3-13-32(14-4-1)34-17-9-18-35(29-34)36-27-28-45-42(31-36)48-41(23-12-26-46(48)56-45)51-53-49(33-15-5-2-6-16-33)52-50(54-51)38-20-10-19-37(30-38)39-22-11-25-44-47(39)40-21-7-8-24-43(40)55-44/h1-31H. The Kier molecular flexibility index (Phi) is 7.64. The summed E-state index contributed by atoms with van der Waals surface area (Å²) in [6.07, 6.45) is 0. The Balaban J connectivity index is 1.08. The van der Waals surface area contributed by atoms with Gasteiger partial charge >= 0.3 is 0 Å². The van der Waals surface area contributed by atoms with Crippen molar-refractivity contribution in [3.05, 3.63) is 188 Å². The van der Waals surface area contributed by atoms with E-state index in [0.717, 1.165) is 55.1 Å². The fraction of sp³-hybridized carbons (Fsp3) is 0. The van der Waals surface area contributed by atoms with E-state index in [1.807, 2.05) is 36.4 Å². The van der Waals surface area contributed by atoms with Crippen LogP contribution in [0.5, 0.6) is 0 Å². The molecule has 4 nitrogen and oxygen atoms in total. The van der Waals surface area contributed by atoms with E-state index in [0.29, 0.717) is 17.5 Å². The maximum atomic E-state index is 6.24. The summed E-state index contributed by atoms with van der Waals surface area (Å²) < 4.78 is 8.66. The van der Waals surface area contributed by atoms with Crippen molar-refractivity contribution in [2.24, 2.45) is 0 Å². The lowest BCUT2D eigenvalue weighted by Gasteiger charge is -2.11. The summed E-state index contributed by atoms with van der Waals surface area (Å²) in [5.74, 6) is 1.90. The van der Waals surface area contributed by atoms with Gasteiger partial charge in [-0.15, -0.1) is 11.3 Å². The molecule has 0 saturated heterocycles. The monoisotopic (exact) mass is 733 g/mol. The molecule has 0 saturated carbocycles. The summed E-state index contributed by atoms with van der Waals surface area (Å²) in [5, 5.41) is 4.54. The van der Waals surface area contributed by atoms with E-state index < -0.39 is 0 Å².